The molecule has 0 bridgehead atoms. The summed E-state index contributed by atoms with van der Waals surface area (Å²) < 4.78 is 10.3. The van der Waals surface area contributed by atoms with Crippen molar-refractivity contribution in [1.82, 2.24) is 9.80 Å². The van der Waals surface area contributed by atoms with Gasteiger partial charge >= 0.3 is 0 Å². The zero-order chi connectivity index (χ0) is 17.2. The summed E-state index contributed by atoms with van der Waals surface area (Å²) in [5.74, 6) is 0.0341. The quantitative estimate of drug-likeness (QED) is 0.650. The Kier molecular flexibility index (Phi) is 7.82. The van der Waals surface area contributed by atoms with Gasteiger partial charge in [-0.15, -0.1) is 0 Å². The van der Waals surface area contributed by atoms with Crippen molar-refractivity contribution in [1.29, 1.82) is 0 Å². The molecule has 2 amide bonds. The van der Waals surface area contributed by atoms with Crippen LogP contribution in [0.1, 0.15) is 49.4 Å². The predicted molar refractivity (Wildman–Crippen MR) is 90.8 cm³/mol. The first-order chi connectivity index (χ1) is 11.7. The number of furan rings is 1. The maximum Gasteiger partial charge on any atom is 0.257 e. The number of carbonyl (C=O) groups excluding carboxylic acids is 2. The van der Waals surface area contributed by atoms with E-state index < -0.39 is 0 Å². The Balaban J connectivity index is 1.86. The number of hydrogen-bond acceptors (Lipinski definition) is 4. The van der Waals surface area contributed by atoms with Crippen LogP contribution in [-0.4, -0.2) is 61.0 Å². The molecule has 0 spiro atoms. The largest absolute Gasteiger partial charge is 0.472 e. The molecule has 0 unspecified atom stereocenters. The minimum absolute atomic E-state index is 0.0602. The number of rotatable bonds is 9. The van der Waals surface area contributed by atoms with E-state index in [4.69, 9.17) is 9.15 Å². The van der Waals surface area contributed by atoms with E-state index in [2.05, 4.69) is 6.92 Å². The molecule has 6 heteroatoms. The topological polar surface area (TPSA) is 63.0 Å². The van der Waals surface area contributed by atoms with Gasteiger partial charge in [0.15, 0.2) is 0 Å². The number of hydrogen-bond donors (Lipinski definition) is 0. The zero-order valence-electron chi connectivity index (χ0n) is 14.5. The van der Waals surface area contributed by atoms with Gasteiger partial charge in [-0.3, -0.25) is 9.59 Å². The summed E-state index contributed by atoms with van der Waals surface area (Å²) >= 11 is 0. The molecule has 0 aliphatic carbocycles. The van der Waals surface area contributed by atoms with Crippen molar-refractivity contribution in [2.75, 3.05) is 39.4 Å². The van der Waals surface area contributed by atoms with Crippen molar-refractivity contribution in [2.45, 2.75) is 39.0 Å². The fourth-order valence-electron chi connectivity index (χ4n) is 2.81. The first kappa shape index (κ1) is 18.5. The second-order valence-electron chi connectivity index (χ2n) is 6.11. The molecule has 0 N–H and O–H groups in total. The molecule has 0 radical (unpaired) electrons. The fraction of sp³-hybridized carbons (Fsp3) is 0.667. The third-order valence-electron chi connectivity index (χ3n) is 4.30. The first-order valence-corrected chi connectivity index (χ1v) is 8.89. The molecule has 2 heterocycles. The summed E-state index contributed by atoms with van der Waals surface area (Å²) in [6.45, 7) is 5.78. The molecule has 1 aliphatic heterocycles. The first-order valence-electron chi connectivity index (χ1n) is 8.89. The lowest BCUT2D eigenvalue weighted by molar-refractivity contribution is -0.135. The lowest BCUT2D eigenvalue weighted by Crippen LogP contribution is -2.42. The lowest BCUT2D eigenvalue weighted by atomic mass is 10.2. The SMILES string of the molecule is CCCCCCN(CCC(=O)N1CCOCC1)C(=O)c1ccoc1. The number of morpholine rings is 1. The summed E-state index contributed by atoms with van der Waals surface area (Å²) in [6, 6.07) is 1.67. The van der Waals surface area contributed by atoms with Crippen LogP contribution in [0, 0.1) is 0 Å². The Hall–Kier alpha value is -1.82. The van der Waals surface area contributed by atoms with Crippen LogP contribution in [0.25, 0.3) is 0 Å². The third kappa shape index (κ3) is 5.67. The van der Waals surface area contributed by atoms with E-state index in [-0.39, 0.29) is 11.8 Å². The molecule has 2 rings (SSSR count). The zero-order valence-corrected chi connectivity index (χ0v) is 14.5. The highest BCUT2D eigenvalue weighted by Crippen LogP contribution is 2.10. The van der Waals surface area contributed by atoms with Gasteiger partial charge in [0.1, 0.15) is 6.26 Å². The van der Waals surface area contributed by atoms with Crippen LogP contribution in [0.5, 0.6) is 0 Å². The maximum atomic E-state index is 12.6. The standard InChI is InChI=1S/C18H28N2O4/c1-2-3-4-5-8-20(18(22)16-7-12-24-15-16)9-6-17(21)19-10-13-23-14-11-19/h7,12,15H,2-6,8-11,13-14H2,1H3. The summed E-state index contributed by atoms with van der Waals surface area (Å²) in [4.78, 5) is 28.5. The van der Waals surface area contributed by atoms with Crippen LogP contribution in [0.15, 0.2) is 23.0 Å². The van der Waals surface area contributed by atoms with Crippen molar-refractivity contribution in [3.63, 3.8) is 0 Å². The van der Waals surface area contributed by atoms with E-state index in [0.29, 0.717) is 51.4 Å². The lowest BCUT2D eigenvalue weighted by Gasteiger charge is -2.28. The van der Waals surface area contributed by atoms with Crippen LogP contribution in [0.3, 0.4) is 0 Å². The van der Waals surface area contributed by atoms with Crippen LogP contribution in [0.4, 0.5) is 0 Å². The van der Waals surface area contributed by atoms with Crippen molar-refractivity contribution in [2.24, 2.45) is 0 Å². The van der Waals surface area contributed by atoms with Crippen LogP contribution >= 0.6 is 0 Å². The molecule has 0 aromatic carbocycles. The number of carbonyl (C=O) groups is 2. The van der Waals surface area contributed by atoms with E-state index in [1.165, 1.54) is 18.9 Å². The number of unbranched alkanes of at least 4 members (excludes halogenated alkanes) is 3. The van der Waals surface area contributed by atoms with Gasteiger partial charge in [0.25, 0.3) is 5.91 Å². The minimum Gasteiger partial charge on any atom is -0.472 e. The second-order valence-corrected chi connectivity index (χ2v) is 6.11. The van der Waals surface area contributed by atoms with E-state index in [0.717, 1.165) is 19.3 Å². The van der Waals surface area contributed by atoms with Gasteiger partial charge < -0.3 is 19.0 Å². The highest BCUT2D eigenvalue weighted by molar-refractivity contribution is 5.94. The van der Waals surface area contributed by atoms with E-state index >= 15 is 0 Å². The average molecular weight is 336 g/mol. The van der Waals surface area contributed by atoms with Crippen molar-refractivity contribution in [3.8, 4) is 0 Å². The summed E-state index contributed by atoms with van der Waals surface area (Å²) in [7, 11) is 0. The molecule has 24 heavy (non-hydrogen) atoms. The van der Waals surface area contributed by atoms with Crippen molar-refractivity contribution < 1.29 is 18.7 Å². The Morgan fingerprint density at radius 1 is 1.17 bits per heavy atom. The van der Waals surface area contributed by atoms with Gasteiger partial charge in [-0.2, -0.15) is 0 Å². The molecule has 1 aromatic heterocycles. The van der Waals surface area contributed by atoms with Gasteiger partial charge in [0, 0.05) is 32.6 Å². The molecule has 1 aromatic rings. The number of nitrogens with zero attached hydrogens (tertiary/aromatic N) is 2. The average Bonchev–Trinajstić information content (AvgIpc) is 3.15. The molecule has 134 valence electrons. The van der Waals surface area contributed by atoms with Crippen LogP contribution in [-0.2, 0) is 9.53 Å². The smallest absolute Gasteiger partial charge is 0.257 e. The summed E-state index contributed by atoms with van der Waals surface area (Å²) in [6.07, 6.45) is 7.71. The van der Waals surface area contributed by atoms with Crippen molar-refractivity contribution >= 4 is 11.8 Å². The van der Waals surface area contributed by atoms with Gasteiger partial charge in [-0.05, 0) is 12.5 Å². The van der Waals surface area contributed by atoms with E-state index in [1.807, 2.05) is 4.90 Å². The van der Waals surface area contributed by atoms with Crippen molar-refractivity contribution in [3.05, 3.63) is 24.2 Å². The maximum absolute atomic E-state index is 12.6. The second kappa shape index (κ2) is 10.1. The van der Waals surface area contributed by atoms with Crippen LogP contribution < -0.4 is 0 Å². The molecular formula is C18H28N2O4. The predicted octanol–water partition coefficient (Wildman–Crippen LogP) is 2.55. The third-order valence-corrected chi connectivity index (χ3v) is 4.30. The van der Waals surface area contributed by atoms with Gasteiger partial charge in [0.05, 0.1) is 25.0 Å². The highest BCUT2D eigenvalue weighted by Gasteiger charge is 2.21. The Morgan fingerprint density at radius 3 is 2.62 bits per heavy atom. The van der Waals surface area contributed by atoms with Gasteiger partial charge in [0.2, 0.25) is 5.91 Å². The summed E-state index contributed by atoms with van der Waals surface area (Å²) in [5, 5.41) is 0. The Bertz CT molecular complexity index is 495. The fourth-order valence-corrected chi connectivity index (χ4v) is 2.81. The Labute approximate surface area is 143 Å². The van der Waals surface area contributed by atoms with E-state index in [9.17, 15) is 9.59 Å². The number of ether oxygens (including phenoxy) is 1. The molecule has 1 fully saturated rings. The Morgan fingerprint density at radius 2 is 1.96 bits per heavy atom. The summed E-state index contributed by atoms with van der Waals surface area (Å²) in [5.41, 5.74) is 0.546. The van der Waals surface area contributed by atoms with Gasteiger partial charge in [-0.1, -0.05) is 26.2 Å². The number of amides is 2. The minimum atomic E-state index is -0.0602. The van der Waals surface area contributed by atoms with E-state index in [1.54, 1.807) is 11.0 Å². The molecular weight excluding hydrogens is 308 g/mol. The monoisotopic (exact) mass is 336 g/mol. The molecule has 1 saturated heterocycles. The normalized spacial score (nSPS) is 14.6. The molecule has 0 atom stereocenters. The highest BCUT2D eigenvalue weighted by atomic mass is 16.5. The molecule has 1 aliphatic rings. The molecule has 6 nitrogen and oxygen atoms in total. The van der Waals surface area contributed by atoms with Gasteiger partial charge in [-0.25, -0.2) is 0 Å². The van der Waals surface area contributed by atoms with Crippen LogP contribution in [0.2, 0.25) is 0 Å². The molecule has 0 saturated carbocycles.